The number of halogens is 1. The summed E-state index contributed by atoms with van der Waals surface area (Å²) >= 11 is 6.22. The number of hydrogen-bond acceptors (Lipinski definition) is 7. The zero-order valence-electron chi connectivity index (χ0n) is 17.7. The molecule has 0 saturated carbocycles. The lowest BCUT2D eigenvalue weighted by atomic mass is 10.2. The van der Waals surface area contributed by atoms with Gasteiger partial charge in [0.2, 0.25) is 5.28 Å². The van der Waals surface area contributed by atoms with Gasteiger partial charge in [-0.1, -0.05) is 12.1 Å². The van der Waals surface area contributed by atoms with Crippen LogP contribution in [0.4, 0.5) is 22.0 Å². The predicted molar refractivity (Wildman–Crippen MR) is 119 cm³/mol. The highest BCUT2D eigenvalue weighted by molar-refractivity contribution is 6.28. The number of carbonyl (C=O) groups excluding carboxylic acids is 1. The highest BCUT2D eigenvalue weighted by atomic mass is 35.5. The molecule has 1 fully saturated rings. The SMILES string of the molecule is CC(C)(C)OC(=O)Nc1ccccc1Nc1nc(Cl)nc2c1cnn2C1CCCCO1. The molecule has 2 N–H and O–H groups in total. The van der Waals surface area contributed by atoms with Gasteiger partial charge < -0.3 is 14.8 Å². The summed E-state index contributed by atoms with van der Waals surface area (Å²) < 4.78 is 12.9. The summed E-state index contributed by atoms with van der Waals surface area (Å²) in [6, 6.07) is 7.26. The summed E-state index contributed by atoms with van der Waals surface area (Å²) in [4.78, 5) is 21.0. The molecule has 3 aromatic rings. The minimum absolute atomic E-state index is 0.0881. The van der Waals surface area contributed by atoms with Gasteiger partial charge in [0.1, 0.15) is 11.4 Å². The average molecular weight is 445 g/mol. The number of rotatable bonds is 4. The first-order valence-electron chi connectivity index (χ1n) is 10.2. The van der Waals surface area contributed by atoms with Crippen molar-refractivity contribution in [1.82, 2.24) is 19.7 Å². The van der Waals surface area contributed by atoms with Crippen molar-refractivity contribution in [3.63, 3.8) is 0 Å². The van der Waals surface area contributed by atoms with E-state index in [2.05, 4.69) is 25.7 Å². The quantitative estimate of drug-likeness (QED) is 0.528. The molecule has 164 valence electrons. The molecule has 2 aromatic heterocycles. The number of hydrogen-bond donors (Lipinski definition) is 2. The molecule has 1 aromatic carbocycles. The maximum absolute atomic E-state index is 12.2. The Hall–Kier alpha value is -2.91. The highest BCUT2D eigenvalue weighted by Crippen LogP contribution is 2.32. The minimum Gasteiger partial charge on any atom is -0.444 e. The Bertz CT molecular complexity index is 1090. The lowest BCUT2D eigenvalue weighted by Crippen LogP contribution is -2.27. The summed E-state index contributed by atoms with van der Waals surface area (Å²) in [5, 5.41) is 11.3. The van der Waals surface area contributed by atoms with Crippen molar-refractivity contribution < 1.29 is 14.3 Å². The molecule has 0 bridgehead atoms. The zero-order valence-corrected chi connectivity index (χ0v) is 18.4. The van der Waals surface area contributed by atoms with Gasteiger partial charge in [0, 0.05) is 6.61 Å². The largest absolute Gasteiger partial charge is 0.444 e. The van der Waals surface area contributed by atoms with Crippen molar-refractivity contribution in [3.8, 4) is 0 Å². The second-order valence-electron chi connectivity index (χ2n) is 8.29. The standard InChI is InChI=1S/C21H25ClN6O3/c1-21(2,3)31-20(29)25-15-9-5-4-8-14(15)24-17-13-12-23-28(16-10-6-7-11-30-16)18(13)27-19(22)26-17/h4-5,8-9,12,16H,6-7,10-11H2,1-3H3,(H,25,29)(H,24,26,27). The van der Waals surface area contributed by atoms with E-state index in [1.54, 1.807) is 16.9 Å². The van der Waals surface area contributed by atoms with E-state index in [1.165, 1.54) is 0 Å². The summed E-state index contributed by atoms with van der Waals surface area (Å²) in [5.41, 5.74) is 1.16. The Balaban J connectivity index is 1.63. The number of aromatic nitrogens is 4. The van der Waals surface area contributed by atoms with Crippen LogP contribution in [0.25, 0.3) is 11.0 Å². The zero-order chi connectivity index (χ0) is 22.0. The molecule has 0 aliphatic carbocycles. The molecule has 1 unspecified atom stereocenters. The highest BCUT2D eigenvalue weighted by Gasteiger charge is 2.22. The Morgan fingerprint density at radius 1 is 1.23 bits per heavy atom. The van der Waals surface area contributed by atoms with Crippen LogP contribution in [-0.4, -0.2) is 38.0 Å². The second-order valence-corrected chi connectivity index (χ2v) is 8.62. The second kappa shape index (κ2) is 8.68. The molecule has 0 spiro atoms. The minimum atomic E-state index is -0.603. The van der Waals surface area contributed by atoms with Crippen LogP contribution < -0.4 is 10.6 Å². The van der Waals surface area contributed by atoms with Gasteiger partial charge in [-0.2, -0.15) is 15.1 Å². The van der Waals surface area contributed by atoms with Crippen molar-refractivity contribution in [2.75, 3.05) is 17.2 Å². The summed E-state index contributed by atoms with van der Waals surface area (Å²) in [5.74, 6) is 0.482. The molecule has 10 heteroatoms. The van der Waals surface area contributed by atoms with Gasteiger partial charge in [0.15, 0.2) is 11.9 Å². The van der Waals surface area contributed by atoms with E-state index in [-0.39, 0.29) is 11.5 Å². The topological polar surface area (TPSA) is 103 Å². The van der Waals surface area contributed by atoms with Gasteiger partial charge in [0.05, 0.1) is 23.0 Å². The third-order valence-corrected chi connectivity index (χ3v) is 4.84. The van der Waals surface area contributed by atoms with Crippen molar-refractivity contribution >= 4 is 45.9 Å². The Morgan fingerprint density at radius 3 is 2.71 bits per heavy atom. The third-order valence-electron chi connectivity index (χ3n) is 4.67. The first-order valence-corrected chi connectivity index (χ1v) is 10.6. The van der Waals surface area contributed by atoms with E-state index in [0.717, 1.165) is 19.3 Å². The fourth-order valence-electron chi connectivity index (χ4n) is 3.36. The van der Waals surface area contributed by atoms with Crippen LogP contribution in [-0.2, 0) is 9.47 Å². The first kappa shape index (κ1) is 21.3. The molecule has 1 aliphatic rings. The van der Waals surface area contributed by atoms with Crippen LogP contribution in [0.3, 0.4) is 0 Å². The number of nitrogens with zero attached hydrogens (tertiary/aromatic N) is 4. The van der Waals surface area contributed by atoms with E-state index < -0.39 is 11.7 Å². The molecule has 1 amide bonds. The van der Waals surface area contributed by atoms with Crippen LogP contribution in [0.1, 0.15) is 46.3 Å². The fourth-order valence-corrected chi connectivity index (χ4v) is 3.53. The number of carbonyl (C=O) groups is 1. The normalized spacial score (nSPS) is 16.8. The van der Waals surface area contributed by atoms with Crippen molar-refractivity contribution in [2.45, 2.75) is 51.9 Å². The maximum atomic E-state index is 12.2. The van der Waals surface area contributed by atoms with E-state index >= 15 is 0 Å². The van der Waals surface area contributed by atoms with Crippen LogP contribution >= 0.6 is 11.6 Å². The number of fused-ring (bicyclic) bond motifs is 1. The number of benzene rings is 1. The molecule has 1 aliphatic heterocycles. The lowest BCUT2D eigenvalue weighted by molar-refractivity contribution is -0.0370. The lowest BCUT2D eigenvalue weighted by Gasteiger charge is -2.23. The molecule has 9 nitrogen and oxygen atoms in total. The van der Waals surface area contributed by atoms with Crippen molar-refractivity contribution in [1.29, 1.82) is 0 Å². The van der Waals surface area contributed by atoms with E-state index in [9.17, 15) is 4.79 Å². The van der Waals surface area contributed by atoms with Crippen LogP contribution in [0.5, 0.6) is 0 Å². The predicted octanol–water partition coefficient (Wildman–Crippen LogP) is 5.27. The van der Waals surface area contributed by atoms with Crippen LogP contribution in [0.15, 0.2) is 30.5 Å². The van der Waals surface area contributed by atoms with Gasteiger partial charge >= 0.3 is 6.09 Å². The number of anilines is 3. The van der Waals surface area contributed by atoms with Gasteiger partial charge in [-0.05, 0) is 63.8 Å². The summed E-state index contributed by atoms with van der Waals surface area (Å²) in [6.07, 6.45) is 3.94. The van der Waals surface area contributed by atoms with Gasteiger partial charge in [0.25, 0.3) is 0 Å². The number of para-hydroxylation sites is 2. The molecule has 1 atom stereocenters. The van der Waals surface area contributed by atoms with Gasteiger partial charge in [-0.25, -0.2) is 9.48 Å². The first-order chi connectivity index (χ1) is 14.8. The Labute approximate surface area is 185 Å². The molecule has 0 radical (unpaired) electrons. The average Bonchev–Trinajstić information content (AvgIpc) is 3.12. The van der Waals surface area contributed by atoms with Crippen LogP contribution in [0, 0.1) is 0 Å². The smallest absolute Gasteiger partial charge is 0.412 e. The van der Waals surface area contributed by atoms with Crippen molar-refractivity contribution in [3.05, 3.63) is 35.7 Å². The molecule has 4 rings (SSSR count). The Morgan fingerprint density at radius 2 is 2.00 bits per heavy atom. The molecule has 1 saturated heterocycles. The fraction of sp³-hybridized carbons (Fsp3) is 0.429. The van der Waals surface area contributed by atoms with Gasteiger partial charge in [-0.15, -0.1) is 0 Å². The monoisotopic (exact) mass is 444 g/mol. The number of nitrogens with one attached hydrogen (secondary N) is 2. The third kappa shape index (κ3) is 5.05. The summed E-state index contributed by atoms with van der Waals surface area (Å²) in [6.45, 7) is 6.12. The Kier molecular flexibility index (Phi) is 5.97. The van der Waals surface area contributed by atoms with E-state index in [4.69, 9.17) is 21.1 Å². The molecular formula is C21H25ClN6O3. The maximum Gasteiger partial charge on any atom is 0.412 e. The number of ether oxygens (including phenoxy) is 2. The van der Waals surface area contributed by atoms with Crippen molar-refractivity contribution in [2.24, 2.45) is 0 Å². The molecular weight excluding hydrogens is 420 g/mol. The van der Waals surface area contributed by atoms with E-state index in [1.807, 2.05) is 39.0 Å². The molecule has 31 heavy (non-hydrogen) atoms. The number of amides is 1. The van der Waals surface area contributed by atoms with Crippen LogP contribution in [0.2, 0.25) is 5.28 Å². The molecule has 3 heterocycles. The summed E-state index contributed by atoms with van der Waals surface area (Å²) in [7, 11) is 0. The van der Waals surface area contributed by atoms with Gasteiger partial charge in [-0.3, -0.25) is 5.32 Å². The van der Waals surface area contributed by atoms with E-state index in [0.29, 0.717) is 34.8 Å².